The standard InChI is InChI=1S/C21H21N5O2/c1-4-26(3)21(28)17(27)9-8-14-6-5-7-16(13(14)2)20-24-12-15-10-11-23-19(22)18(15)25-20/h5-7,10-12,17,27H,4H2,1-3H3,(H2,22,23)/t17-/m1/s1. The maximum Gasteiger partial charge on any atom is 0.263 e. The number of nitrogens with zero attached hydrogens (tertiary/aromatic N) is 4. The molecule has 0 fully saturated rings. The molecule has 0 radical (unpaired) electrons. The highest BCUT2D eigenvalue weighted by molar-refractivity contribution is 5.87. The van der Waals surface area contributed by atoms with Crippen LogP contribution < -0.4 is 5.73 Å². The van der Waals surface area contributed by atoms with Gasteiger partial charge in [0.1, 0.15) is 11.3 Å². The van der Waals surface area contributed by atoms with Crippen molar-refractivity contribution in [3.63, 3.8) is 0 Å². The third-order valence-corrected chi connectivity index (χ3v) is 4.53. The second-order valence-corrected chi connectivity index (χ2v) is 6.33. The topological polar surface area (TPSA) is 105 Å². The number of fused-ring (bicyclic) bond motifs is 1. The summed E-state index contributed by atoms with van der Waals surface area (Å²) in [6.07, 6.45) is 1.96. The molecular formula is C21H21N5O2. The van der Waals surface area contributed by atoms with Gasteiger partial charge in [0.25, 0.3) is 5.91 Å². The maximum absolute atomic E-state index is 12.0. The summed E-state index contributed by atoms with van der Waals surface area (Å²) in [5.74, 6) is 5.93. The predicted octanol–water partition coefficient (Wildman–Crippen LogP) is 1.77. The van der Waals surface area contributed by atoms with Crippen LogP contribution in [-0.4, -0.2) is 50.6 Å². The van der Waals surface area contributed by atoms with E-state index >= 15 is 0 Å². The quantitative estimate of drug-likeness (QED) is 0.676. The number of aliphatic hydroxyl groups is 1. The van der Waals surface area contributed by atoms with Crippen LogP contribution in [0.3, 0.4) is 0 Å². The van der Waals surface area contributed by atoms with E-state index in [1.54, 1.807) is 25.5 Å². The van der Waals surface area contributed by atoms with E-state index in [2.05, 4.69) is 26.8 Å². The fraction of sp³-hybridized carbons (Fsp3) is 0.238. The Bertz CT molecular complexity index is 1100. The van der Waals surface area contributed by atoms with Gasteiger partial charge in [0.2, 0.25) is 0 Å². The summed E-state index contributed by atoms with van der Waals surface area (Å²) >= 11 is 0. The van der Waals surface area contributed by atoms with Crippen LogP contribution in [-0.2, 0) is 4.79 Å². The Kier molecular flexibility index (Phi) is 5.52. The lowest BCUT2D eigenvalue weighted by molar-refractivity contribution is -0.135. The molecule has 7 nitrogen and oxygen atoms in total. The molecule has 2 aromatic heterocycles. The number of hydrogen-bond donors (Lipinski definition) is 2. The van der Waals surface area contributed by atoms with Crippen LogP contribution in [0.2, 0.25) is 0 Å². The van der Waals surface area contributed by atoms with E-state index in [0.29, 0.717) is 29.3 Å². The van der Waals surface area contributed by atoms with Gasteiger partial charge in [-0.05, 0) is 31.5 Å². The number of amides is 1. The van der Waals surface area contributed by atoms with Gasteiger partial charge < -0.3 is 15.7 Å². The lowest BCUT2D eigenvalue weighted by Gasteiger charge is -2.15. The number of nitrogens with two attached hydrogens (primary N) is 1. The summed E-state index contributed by atoms with van der Waals surface area (Å²) < 4.78 is 0. The summed E-state index contributed by atoms with van der Waals surface area (Å²) in [5.41, 5.74) is 8.85. The summed E-state index contributed by atoms with van der Waals surface area (Å²) in [5, 5.41) is 10.8. The van der Waals surface area contributed by atoms with Gasteiger partial charge in [-0.15, -0.1) is 0 Å². The Balaban J connectivity index is 1.98. The highest BCUT2D eigenvalue weighted by atomic mass is 16.3. The summed E-state index contributed by atoms with van der Waals surface area (Å²) in [6.45, 7) is 4.23. The SMILES string of the molecule is CCN(C)C(=O)[C@H](O)C#Cc1cccc(-c2ncc3ccnc(N)c3n2)c1C. The first-order valence-electron chi connectivity index (χ1n) is 8.84. The smallest absolute Gasteiger partial charge is 0.263 e. The molecule has 0 unspecified atom stereocenters. The maximum atomic E-state index is 12.0. The number of likely N-dealkylation sites (N-methyl/N-ethyl adjacent to an activating group) is 1. The number of aromatic nitrogens is 3. The van der Waals surface area contributed by atoms with Crippen molar-refractivity contribution in [1.82, 2.24) is 19.9 Å². The van der Waals surface area contributed by atoms with Crippen molar-refractivity contribution in [3.05, 3.63) is 47.8 Å². The molecule has 3 rings (SSSR count). The number of aliphatic hydroxyl groups excluding tert-OH is 1. The van der Waals surface area contributed by atoms with Crippen LogP contribution in [0, 0.1) is 18.8 Å². The summed E-state index contributed by atoms with van der Waals surface area (Å²) in [6, 6.07) is 7.35. The lowest BCUT2D eigenvalue weighted by Crippen LogP contribution is -2.35. The minimum Gasteiger partial charge on any atom is -0.382 e. The number of anilines is 1. The third-order valence-electron chi connectivity index (χ3n) is 4.53. The number of carbonyl (C=O) groups is 1. The zero-order chi connectivity index (χ0) is 20.3. The Labute approximate surface area is 163 Å². The number of nitrogen functional groups attached to an aromatic ring is 1. The first-order chi connectivity index (χ1) is 13.4. The van der Waals surface area contributed by atoms with E-state index < -0.39 is 12.0 Å². The predicted molar refractivity (Wildman–Crippen MR) is 108 cm³/mol. The second-order valence-electron chi connectivity index (χ2n) is 6.33. The van der Waals surface area contributed by atoms with Gasteiger partial charge >= 0.3 is 0 Å². The van der Waals surface area contributed by atoms with Crippen LogP contribution in [0.15, 0.2) is 36.7 Å². The van der Waals surface area contributed by atoms with Crippen molar-refractivity contribution in [1.29, 1.82) is 0 Å². The van der Waals surface area contributed by atoms with E-state index in [9.17, 15) is 9.90 Å². The van der Waals surface area contributed by atoms with Crippen LogP contribution >= 0.6 is 0 Å². The third kappa shape index (κ3) is 3.77. The van der Waals surface area contributed by atoms with Gasteiger partial charge in [-0.2, -0.15) is 0 Å². The highest BCUT2D eigenvalue weighted by Gasteiger charge is 2.16. The molecule has 1 amide bonds. The van der Waals surface area contributed by atoms with E-state index in [1.165, 1.54) is 4.90 Å². The average molecular weight is 375 g/mol. The molecule has 1 aromatic carbocycles. The van der Waals surface area contributed by atoms with Gasteiger partial charge in [-0.25, -0.2) is 15.0 Å². The van der Waals surface area contributed by atoms with Crippen molar-refractivity contribution in [2.75, 3.05) is 19.3 Å². The Morgan fingerprint density at radius 2 is 2.11 bits per heavy atom. The number of carbonyl (C=O) groups excluding carboxylic acids is 1. The summed E-state index contributed by atoms with van der Waals surface area (Å²) in [7, 11) is 1.62. The van der Waals surface area contributed by atoms with Gasteiger partial charge in [-0.3, -0.25) is 4.79 Å². The lowest BCUT2D eigenvalue weighted by atomic mass is 10.0. The fourth-order valence-electron chi connectivity index (χ4n) is 2.69. The van der Waals surface area contributed by atoms with Crippen LogP contribution in [0.25, 0.3) is 22.3 Å². The summed E-state index contributed by atoms with van der Waals surface area (Å²) in [4.78, 5) is 26.4. The molecule has 0 spiro atoms. The minimum absolute atomic E-state index is 0.344. The van der Waals surface area contributed by atoms with Gasteiger partial charge in [-0.1, -0.05) is 24.0 Å². The molecule has 0 aliphatic rings. The molecule has 7 heteroatoms. The number of hydrogen-bond acceptors (Lipinski definition) is 6. The zero-order valence-electron chi connectivity index (χ0n) is 16.0. The van der Waals surface area contributed by atoms with Crippen LogP contribution in [0.5, 0.6) is 0 Å². The molecule has 0 bridgehead atoms. The van der Waals surface area contributed by atoms with E-state index in [-0.39, 0.29) is 0 Å². The van der Waals surface area contributed by atoms with Crippen LogP contribution in [0.4, 0.5) is 5.82 Å². The Hall–Kier alpha value is -3.50. The van der Waals surface area contributed by atoms with Gasteiger partial charge in [0.05, 0.1) is 0 Å². The fourth-order valence-corrected chi connectivity index (χ4v) is 2.69. The van der Waals surface area contributed by atoms with Crippen molar-refractivity contribution in [2.24, 2.45) is 0 Å². The van der Waals surface area contributed by atoms with E-state index in [1.807, 2.05) is 32.0 Å². The molecule has 3 aromatic rings. The van der Waals surface area contributed by atoms with Gasteiger partial charge in [0, 0.05) is 42.5 Å². The first kappa shape index (κ1) is 19.3. The Morgan fingerprint density at radius 1 is 1.32 bits per heavy atom. The molecule has 0 aliphatic carbocycles. The van der Waals surface area contributed by atoms with Crippen molar-refractivity contribution >= 4 is 22.6 Å². The Morgan fingerprint density at radius 3 is 2.86 bits per heavy atom. The van der Waals surface area contributed by atoms with Crippen molar-refractivity contribution < 1.29 is 9.90 Å². The monoisotopic (exact) mass is 375 g/mol. The average Bonchev–Trinajstić information content (AvgIpc) is 2.71. The normalized spacial score (nSPS) is 11.6. The minimum atomic E-state index is -1.37. The van der Waals surface area contributed by atoms with Crippen molar-refractivity contribution in [3.8, 4) is 23.2 Å². The molecule has 0 aliphatic heterocycles. The highest BCUT2D eigenvalue weighted by Crippen LogP contribution is 2.25. The van der Waals surface area contributed by atoms with E-state index in [4.69, 9.17) is 5.73 Å². The van der Waals surface area contributed by atoms with Gasteiger partial charge in [0.15, 0.2) is 11.9 Å². The van der Waals surface area contributed by atoms with Crippen LogP contribution in [0.1, 0.15) is 18.1 Å². The molecule has 0 saturated carbocycles. The van der Waals surface area contributed by atoms with Crippen molar-refractivity contribution in [2.45, 2.75) is 20.0 Å². The van der Waals surface area contributed by atoms with E-state index in [0.717, 1.165) is 16.5 Å². The molecule has 142 valence electrons. The first-order valence-corrected chi connectivity index (χ1v) is 8.84. The molecule has 0 saturated heterocycles. The molecule has 3 N–H and O–H groups in total. The zero-order valence-corrected chi connectivity index (χ0v) is 16.0. The second kappa shape index (κ2) is 8.03. The number of benzene rings is 1. The molecular weight excluding hydrogens is 354 g/mol. The largest absolute Gasteiger partial charge is 0.382 e. The number of rotatable bonds is 3. The molecule has 1 atom stereocenters. The molecule has 2 heterocycles. The number of pyridine rings is 1. The molecule has 28 heavy (non-hydrogen) atoms.